The lowest BCUT2D eigenvalue weighted by molar-refractivity contribution is -0.134. The molecule has 1 amide bonds. The molecule has 0 radical (unpaired) electrons. The molecule has 1 fully saturated rings. The van der Waals surface area contributed by atoms with Gasteiger partial charge in [0.25, 0.3) is 5.91 Å². The smallest absolute Gasteiger partial charge is 0.342 e. The van der Waals surface area contributed by atoms with Crippen LogP contribution in [0, 0.1) is 0 Å². The fourth-order valence-electron chi connectivity index (χ4n) is 2.82. The van der Waals surface area contributed by atoms with E-state index < -0.39 is 5.97 Å². The van der Waals surface area contributed by atoms with Crippen molar-refractivity contribution >= 4 is 17.8 Å². The first-order valence-electron chi connectivity index (χ1n) is 8.87. The van der Waals surface area contributed by atoms with Crippen LogP contribution in [-0.2, 0) is 9.53 Å². The number of piperazine rings is 1. The zero-order valence-electron chi connectivity index (χ0n) is 15.2. The van der Waals surface area contributed by atoms with Gasteiger partial charge in [-0.25, -0.2) is 14.8 Å². The van der Waals surface area contributed by atoms with Crippen molar-refractivity contribution < 1.29 is 19.1 Å². The van der Waals surface area contributed by atoms with Gasteiger partial charge in [-0.1, -0.05) is 12.1 Å². The molecule has 1 aliphatic heterocycles. The van der Waals surface area contributed by atoms with Crippen molar-refractivity contribution in [3.8, 4) is 5.75 Å². The molecule has 27 heavy (non-hydrogen) atoms. The molecule has 0 bridgehead atoms. The maximum atomic E-state index is 12.4. The van der Waals surface area contributed by atoms with Crippen LogP contribution in [0.3, 0.4) is 0 Å². The Bertz CT molecular complexity index is 776. The van der Waals surface area contributed by atoms with Crippen LogP contribution in [0.1, 0.15) is 17.3 Å². The molecular formula is C19H22N4O4. The highest BCUT2D eigenvalue weighted by Crippen LogP contribution is 2.19. The summed E-state index contributed by atoms with van der Waals surface area (Å²) in [4.78, 5) is 36.8. The van der Waals surface area contributed by atoms with Crippen LogP contribution in [0.25, 0.3) is 0 Å². The Labute approximate surface area is 157 Å². The van der Waals surface area contributed by atoms with Gasteiger partial charge in [-0.3, -0.25) is 4.79 Å². The minimum absolute atomic E-state index is 0.217. The van der Waals surface area contributed by atoms with Crippen LogP contribution < -0.4 is 9.64 Å². The largest absolute Gasteiger partial charge is 0.493 e. The average Bonchev–Trinajstić information content (AvgIpc) is 2.73. The number of esters is 1. The van der Waals surface area contributed by atoms with E-state index in [1.165, 1.54) is 0 Å². The number of anilines is 1. The minimum Gasteiger partial charge on any atom is -0.493 e. The third-order valence-corrected chi connectivity index (χ3v) is 4.20. The number of hydrogen-bond donors (Lipinski definition) is 0. The number of carbonyl (C=O) groups excluding carboxylic acids is 2. The minimum atomic E-state index is -0.566. The van der Waals surface area contributed by atoms with Crippen molar-refractivity contribution in [1.82, 2.24) is 14.9 Å². The molecule has 0 aliphatic carbocycles. The van der Waals surface area contributed by atoms with E-state index in [9.17, 15) is 9.59 Å². The van der Waals surface area contributed by atoms with Gasteiger partial charge in [-0.15, -0.1) is 0 Å². The van der Waals surface area contributed by atoms with E-state index in [1.54, 1.807) is 47.6 Å². The maximum absolute atomic E-state index is 12.4. The van der Waals surface area contributed by atoms with Crippen LogP contribution in [0.2, 0.25) is 0 Å². The zero-order valence-corrected chi connectivity index (χ0v) is 15.2. The fraction of sp³-hybridized carbons (Fsp3) is 0.368. The lowest BCUT2D eigenvalue weighted by atomic mass is 10.2. The topological polar surface area (TPSA) is 84.9 Å². The highest BCUT2D eigenvalue weighted by Gasteiger charge is 2.24. The van der Waals surface area contributed by atoms with Gasteiger partial charge in [0.2, 0.25) is 5.95 Å². The summed E-state index contributed by atoms with van der Waals surface area (Å²) in [5.41, 5.74) is 0.318. The van der Waals surface area contributed by atoms with Crippen LogP contribution in [0.4, 0.5) is 5.95 Å². The number of carbonyl (C=O) groups is 2. The summed E-state index contributed by atoms with van der Waals surface area (Å²) in [6, 6.07) is 8.60. The van der Waals surface area contributed by atoms with Crippen LogP contribution in [0.15, 0.2) is 42.7 Å². The molecule has 142 valence electrons. The summed E-state index contributed by atoms with van der Waals surface area (Å²) in [6.45, 7) is 4.33. The number of benzene rings is 1. The molecule has 0 saturated carbocycles. The van der Waals surface area contributed by atoms with Crippen molar-refractivity contribution in [1.29, 1.82) is 0 Å². The number of aromatic nitrogens is 2. The van der Waals surface area contributed by atoms with Gasteiger partial charge in [0.1, 0.15) is 11.3 Å². The predicted molar refractivity (Wildman–Crippen MR) is 98.7 cm³/mol. The van der Waals surface area contributed by atoms with Crippen molar-refractivity contribution in [2.24, 2.45) is 0 Å². The predicted octanol–water partition coefficient (Wildman–Crippen LogP) is 1.38. The Kier molecular flexibility index (Phi) is 6.19. The number of ether oxygens (including phenoxy) is 2. The third-order valence-electron chi connectivity index (χ3n) is 4.20. The van der Waals surface area contributed by atoms with Gasteiger partial charge in [0, 0.05) is 38.6 Å². The second-order valence-corrected chi connectivity index (χ2v) is 5.92. The molecule has 2 heterocycles. The first-order valence-corrected chi connectivity index (χ1v) is 8.87. The second-order valence-electron chi connectivity index (χ2n) is 5.92. The number of rotatable bonds is 6. The Hall–Kier alpha value is -3.16. The van der Waals surface area contributed by atoms with Crippen LogP contribution in [0.5, 0.6) is 5.75 Å². The molecule has 0 unspecified atom stereocenters. The highest BCUT2D eigenvalue weighted by atomic mass is 16.5. The molecule has 1 saturated heterocycles. The van der Waals surface area contributed by atoms with E-state index in [-0.39, 0.29) is 12.5 Å². The number of nitrogens with zero attached hydrogens (tertiary/aromatic N) is 4. The van der Waals surface area contributed by atoms with Crippen molar-refractivity contribution in [3.63, 3.8) is 0 Å². The lowest BCUT2D eigenvalue weighted by Crippen LogP contribution is -2.50. The normalized spacial score (nSPS) is 14.0. The summed E-state index contributed by atoms with van der Waals surface area (Å²) in [6.07, 6.45) is 3.39. The standard InChI is InChI=1S/C19H22N4O4/c1-2-26-16-7-4-3-6-15(16)18(25)27-14-17(24)22-10-12-23(13-11-22)19-20-8-5-9-21-19/h3-9H,2,10-14H2,1H3. The molecule has 8 nitrogen and oxygen atoms in total. The zero-order chi connectivity index (χ0) is 19.1. The summed E-state index contributed by atoms with van der Waals surface area (Å²) in [5.74, 6) is 0.326. The van der Waals surface area contributed by atoms with E-state index >= 15 is 0 Å². The average molecular weight is 370 g/mol. The second kappa shape index (κ2) is 8.98. The third kappa shape index (κ3) is 4.72. The lowest BCUT2D eigenvalue weighted by Gasteiger charge is -2.34. The highest BCUT2D eigenvalue weighted by molar-refractivity contribution is 5.94. The Morgan fingerprint density at radius 1 is 1.04 bits per heavy atom. The van der Waals surface area contributed by atoms with Crippen molar-refractivity contribution in [2.45, 2.75) is 6.92 Å². The molecule has 0 spiro atoms. The van der Waals surface area contributed by atoms with Crippen LogP contribution >= 0.6 is 0 Å². The summed E-state index contributed by atoms with van der Waals surface area (Å²) < 4.78 is 10.6. The Morgan fingerprint density at radius 3 is 2.44 bits per heavy atom. The van der Waals surface area contributed by atoms with Gasteiger partial charge in [-0.05, 0) is 25.1 Å². The maximum Gasteiger partial charge on any atom is 0.342 e. The van der Waals surface area contributed by atoms with Gasteiger partial charge in [0.15, 0.2) is 6.61 Å². The molecule has 1 aromatic carbocycles. The van der Waals surface area contributed by atoms with E-state index in [2.05, 4.69) is 9.97 Å². The SMILES string of the molecule is CCOc1ccccc1C(=O)OCC(=O)N1CCN(c2ncccn2)CC1. The first kappa shape index (κ1) is 18.6. The monoisotopic (exact) mass is 370 g/mol. The molecule has 0 N–H and O–H groups in total. The van der Waals surface area contributed by atoms with E-state index in [1.807, 2.05) is 11.8 Å². The molecule has 3 rings (SSSR count). The van der Waals surface area contributed by atoms with E-state index in [0.29, 0.717) is 50.0 Å². The quantitative estimate of drug-likeness (QED) is 0.710. The molecule has 0 atom stereocenters. The van der Waals surface area contributed by atoms with Crippen molar-refractivity contribution in [2.75, 3.05) is 44.3 Å². The Morgan fingerprint density at radius 2 is 1.74 bits per heavy atom. The fourth-order valence-corrected chi connectivity index (χ4v) is 2.82. The van der Waals surface area contributed by atoms with Crippen molar-refractivity contribution in [3.05, 3.63) is 48.3 Å². The number of para-hydroxylation sites is 1. The number of hydrogen-bond acceptors (Lipinski definition) is 7. The molecule has 1 aliphatic rings. The summed E-state index contributed by atoms with van der Waals surface area (Å²) in [5, 5.41) is 0. The van der Waals surface area contributed by atoms with Gasteiger partial charge in [-0.2, -0.15) is 0 Å². The molecule has 2 aromatic rings. The van der Waals surface area contributed by atoms with E-state index in [0.717, 1.165) is 0 Å². The summed E-state index contributed by atoms with van der Waals surface area (Å²) >= 11 is 0. The van der Waals surface area contributed by atoms with Gasteiger partial charge < -0.3 is 19.3 Å². The van der Waals surface area contributed by atoms with Gasteiger partial charge >= 0.3 is 5.97 Å². The van der Waals surface area contributed by atoms with Gasteiger partial charge in [0.05, 0.1) is 6.61 Å². The molecule has 8 heteroatoms. The Balaban J connectivity index is 1.50. The van der Waals surface area contributed by atoms with Crippen LogP contribution in [-0.4, -0.2) is 66.1 Å². The summed E-state index contributed by atoms with van der Waals surface area (Å²) in [7, 11) is 0. The van der Waals surface area contributed by atoms with E-state index in [4.69, 9.17) is 9.47 Å². The molecule has 1 aromatic heterocycles. The first-order chi connectivity index (χ1) is 13.2. The molecular weight excluding hydrogens is 348 g/mol. The number of amides is 1.